The molecule has 3 nitrogen and oxygen atoms in total. The van der Waals surface area contributed by atoms with Gasteiger partial charge in [-0.25, -0.2) is 4.98 Å². The van der Waals surface area contributed by atoms with E-state index in [0.29, 0.717) is 0 Å². The topological polar surface area (TPSA) is 45.8 Å². The largest absolute Gasteiger partial charge is 0.301 e. The molecule has 0 bridgehead atoms. The van der Waals surface area contributed by atoms with Crippen LogP contribution in [0.4, 0.5) is 0 Å². The van der Waals surface area contributed by atoms with Crippen LogP contribution in [0.2, 0.25) is 0 Å². The molecule has 0 aliphatic carbocycles. The quantitative estimate of drug-likeness (QED) is 0.584. The molecule has 0 saturated carbocycles. The van der Waals surface area contributed by atoms with Crippen LogP contribution in [0.5, 0.6) is 0 Å². The third-order valence-corrected chi connectivity index (χ3v) is 5.70. The van der Waals surface area contributed by atoms with E-state index < -0.39 is 0 Å². The van der Waals surface area contributed by atoms with Crippen molar-refractivity contribution in [1.29, 1.82) is 0 Å². The number of fused-ring (bicyclic) bond motifs is 2. The summed E-state index contributed by atoms with van der Waals surface area (Å²) in [7, 11) is 0. The summed E-state index contributed by atoms with van der Waals surface area (Å²) in [4.78, 5) is 19.5. The molecule has 1 N–H and O–H groups in total. The molecule has 0 atom stereocenters. The lowest BCUT2D eigenvalue weighted by Crippen LogP contribution is -2.14. The molecular weight excluding hydrogens is 312 g/mol. The Kier molecular flexibility index (Phi) is 3.68. The van der Waals surface area contributed by atoms with E-state index in [0.717, 1.165) is 33.7 Å². The minimum Gasteiger partial charge on any atom is -0.301 e. The monoisotopic (exact) mass is 326 g/mol. The van der Waals surface area contributed by atoms with Crippen LogP contribution in [0.3, 0.4) is 0 Å². The molecule has 2 aromatic carbocycles. The lowest BCUT2D eigenvalue weighted by molar-refractivity contribution is 0.885. The molecule has 0 saturated heterocycles. The minimum atomic E-state index is 0.0235. The van der Waals surface area contributed by atoms with E-state index in [2.05, 4.69) is 52.4 Å². The van der Waals surface area contributed by atoms with Crippen molar-refractivity contribution in [2.24, 2.45) is 0 Å². The molecule has 22 heavy (non-hydrogen) atoms. The summed E-state index contributed by atoms with van der Waals surface area (Å²) in [6.07, 6.45) is 0. The van der Waals surface area contributed by atoms with E-state index in [9.17, 15) is 4.79 Å². The summed E-state index contributed by atoms with van der Waals surface area (Å²) in [5, 5.41) is 3.23. The Bertz CT molecular complexity index is 899. The van der Waals surface area contributed by atoms with Crippen LogP contribution >= 0.6 is 23.5 Å². The Morgan fingerprint density at radius 1 is 1.14 bits per heavy atom. The van der Waals surface area contributed by atoms with Gasteiger partial charge in [-0.3, -0.25) is 4.79 Å². The molecule has 110 valence electrons. The maximum absolute atomic E-state index is 12.0. The molecule has 0 unspecified atom stereocenters. The summed E-state index contributed by atoms with van der Waals surface area (Å²) in [5.41, 5.74) is 3.09. The second-order valence-corrected chi connectivity index (χ2v) is 7.17. The van der Waals surface area contributed by atoms with Gasteiger partial charge in [-0.05, 0) is 16.3 Å². The maximum Gasteiger partial charge on any atom is 0.255 e. The first-order valence-corrected chi connectivity index (χ1v) is 9.24. The SMILES string of the molecule is O=c1[nH]c(SCc2cccc3ccccc23)nc2c1CSC2. The average Bonchev–Trinajstić information content (AvgIpc) is 3.02. The normalized spacial score (nSPS) is 13.5. The first-order chi connectivity index (χ1) is 10.8. The fraction of sp³-hybridized carbons (Fsp3) is 0.176. The van der Waals surface area contributed by atoms with Crippen LogP contribution in [0.15, 0.2) is 52.4 Å². The lowest BCUT2D eigenvalue weighted by atomic mass is 10.1. The summed E-state index contributed by atoms with van der Waals surface area (Å²) in [6, 6.07) is 14.7. The first kappa shape index (κ1) is 13.9. The highest BCUT2D eigenvalue weighted by molar-refractivity contribution is 7.98. The molecule has 0 spiro atoms. The van der Waals surface area contributed by atoms with Gasteiger partial charge in [0.25, 0.3) is 5.56 Å². The fourth-order valence-corrected chi connectivity index (χ4v) is 4.59. The molecule has 4 rings (SSSR count). The molecule has 5 heteroatoms. The van der Waals surface area contributed by atoms with E-state index in [1.54, 1.807) is 23.5 Å². The van der Waals surface area contributed by atoms with Gasteiger partial charge >= 0.3 is 0 Å². The zero-order valence-electron chi connectivity index (χ0n) is 11.8. The molecule has 1 aliphatic heterocycles. The summed E-state index contributed by atoms with van der Waals surface area (Å²) in [6.45, 7) is 0. The third-order valence-electron chi connectivity index (χ3n) is 3.81. The average molecular weight is 326 g/mol. The number of H-pyrrole nitrogens is 1. The molecule has 1 aliphatic rings. The number of rotatable bonds is 3. The Labute approximate surface area is 136 Å². The van der Waals surface area contributed by atoms with Crippen molar-refractivity contribution >= 4 is 34.3 Å². The van der Waals surface area contributed by atoms with Crippen molar-refractivity contribution in [3.05, 3.63) is 69.6 Å². The standard InChI is InChI=1S/C17H14N2OS2/c20-16-14-9-21-10-15(14)18-17(19-16)22-8-12-6-3-5-11-4-1-2-7-13(11)12/h1-7H,8-10H2,(H,18,19,20). The molecule has 1 aromatic heterocycles. The van der Waals surface area contributed by atoms with Gasteiger partial charge in [0, 0.05) is 22.8 Å². The van der Waals surface area contributed by atoms with Crippen molar-refractivity contribution in [3.63, 3.8) is 0 Å². The number of aromatic amines is 1. The van der Waals surface area contributed by atoms with Gasteiger partial charge in [0.05, 0.1) is 5.69 Å². The first-order valence-electron chi connectivity index (χ1n) is 7.10. The van der Waals surface area contributed by atoms with Gasteiger partial charge in [-0.15, -0.1) is 0 Å². The van der Waals surface area contributed by atoms with Crippen LogP contribution in [0.1, 0.15) is 16.8 Å². The number of nitrogens with one attached hydrogen (secondary N) is 1. The van der Waals surface area contributed by atoms with Gasteiger partial charge in [0.1, 0.15) is 0 Å². The van der Waals surface area contributed by atoms with Crippen LogP contribution in [0.25, 0.3) is 10.8 Å². The van der Waals surface area contributed by atoms with Crippen LogP contribution in [-0.4, -0.2) is 9.97 Å². The van der Waals surface area contributed by atoms with Gasteiger partial charge in [-0.2, -0.15) is 11.8 Å². The van der Waals surface area contributed by atoms with E-state index in [4.69, 9.17) is 0 Å². The van der Waals surface area contributed by atoms with E-state index in [-0.39, 0.29) is 5.56 Å². The van der Waals surface area contributed by atoms with Crippen molar-refractivity contribution < 1.29 is 0 Å². The zero-order valence-corrected chi connectivity index (χ0v) is 13.5. The number of nitrogens with zero attached hydrogens (tertiary/aromatic N) is 1. The Morgan fingerprint density at radius 2 is 2.00 bits per heavy atom. The fourth-order valence-electron chi connectivity index (χ4n) is 2.67. The minimum absolute atomic E-state index is 0.0235. The van der Waals surface area contributed by atoms with Gasteiger partial charge < -0.3 is 4.98 Å². The second-order valence-electron chi connectivity index (χ2n) is 5.22. The molecule has 3 aromatic rings. The highest BCUT2D eigenvalue weighted by Gasteiger charge is 2.17. The molecule has 0 radical (unpaired) electrons. The highest BCUT2D eigenvalue weighted by atomic mass is 32.2. The van der Waals surface area contributed by atoms with Crippen molar-refractivity contribution in [2.75, 3.05) is 0 Å². The molecule has 2 heterocycles. The van der Waals surface area contributed by atoms with E-state index >= 15 is 0 Å². The Morgan fingerprint density at radius 3 is 2.95 bits per heavy atom. The molecular formula is C17H14N2OS2. The zero-order chi connectivity index (χ0) is 14.9. The van der Waals surface area contributed by atoms with E-state index in [1.807, 2.05) is 0 Å². The predicted molar refractivity (Wildman–Crippen MR) is 93.4 cm³/mol. The van der Waals surface area contributed by atoms with Crippen molar-refractivity contribution in [1.82, 2.24) is 9.97 Å². The highest BCUT2D eigenvalue weighted by Crippen LogP contribution is 2.29. The third kappa shape index (κ3) is 2.55. The summed E-state index contributed by atoms with van der Waals surface area (Å²) < 4.78 is 0. The number of hydrogen-bond acceptors (Lipinski definition) is 4. The predicted octanol–water partition coefficient (Wildman–Crippen LogP) is 3.96. The number of benzene rings is 2. The number of thioether (sulfide) groups is 2. The maximum atomic E-state index is 12.0. The van der Waals surface area contributed by atoms with Crippen LogP contribution < -0.4 is 5.56 Å². The summed E-state index contributed by atoms with van der Waals surface area (Å²) in [5.74, 6) is 2.43. The van der Waals surface area contributed by atoms with Gasteiger partial charge in [-0.1, -0.05) is 54.2 Å². The van der Waals surface area contributed by atoms with Gasteiger partial charge in [0.2, 0.25) is 0 Å². The Balaban J connectivity index is 1.62. The smallest absolute Gasteiger partial charge is 0.255 e. The van der Waals surface area contributed by atoms with Gasteiger partial charge in [0.15, 0.2) is 5.16 Å². The second kappa shape index (κ2) is 5.82. The molecule has 0 fully saturated rings. The van der Waals surface area contributed by atoms with Crippen LogP contribution in [0, 0.1) is 0 Å². The Hall–Kier alpha value is -1.72. The van der Waals surface area contributed by atoms with E-state index in [1.165, 1.54) is 16.3 Å². The van der Waals surface area contributed by atoms with Crippen molar-refractivity contribution in [2.45, 2.75) is 22.4 Å². The summed E-state index contributed by atoms with van der Waals surface area (Å²) >= 11 is 3.34. The number of aromatic nitrogens is 2. The molecule has 0 amide bonds. The number of hydrogen-bond donors (Lipinski definition) is 1. The lowest BCUT2D eigenvalue weighted by Gasteiger charge is -2.07. The van der Waals surface area contributed by atoms with Crippen molar-refractivity contribution in [3.8, 4) is 0 Å². The van der Waals surface area contributed by atoms with Crippen LogP contribution in [-0.2, 0) is 17.3 Å².